The van der Waals surface area contributed by atoms with E-state index in [4.69, 9.17) is 10.00 Å². The van der Waals surface area contributed by atoms with Crippen molar-refractivity contribution in [3.05, 3.63) is 35.4 Å². The summed E-state index contributed by atoms with van der Waals surface area (Å²) in [5.74, 6) is 0. The molecule has 80 valence electrons. The highest BCUT2D eigenvalue weighted by Crippen LogP contribution is 2.06. The molecule has 0 bridgehead atoms. The maximum absolute atomic E-state index is 8.86. The molecule has 1 N–H and O–H groups in total. The summed E-state index contributed by atoms with van der Waals surface area (Å²) < 4.78 is 5.20. The number of nitrogens with one attached hydrogen (secondary N) is 1. The third-order valence-electron chi connectivity index (χ3n) is 2.08. The molecular weight excluding hydrogens is 188 g/mol. The van der Waals surface area contributed by atoms with Crippen molar-refractivity contribution in [2.24, 2.45) is 0 Å². The van der Waals surface area contributed by atoms with Crippen molar-refractivity contribution >= 4 is 0 Å². The molecule has 0 aliphatic heterocycles. The molecule has 3 nitrogen and oxygen atoms in total. The van der Waals surface area contributed by atoms with Gasteiger partial charge in [-0.25, -0.2) is 0 Å². The molecule has 0 unspecified atom stereocenters. The van der Waals surface area contributed by atoms with Crippen molar-refractivity contribution < 1.29 is 4.74 Å². The van der Waals surface area contributed by atoms with Crippen LogP contribution in [-0.4, -0.2) is 19.8 Å². The van der Waals surface area contributed by atoms with Gasteiger partial charge in [-0.05, 0) is 18.6 Å². The lowest BCUT2D eigenvalue weighted by Crippen LogP contribution is -2.19. The maximum Gasteiger partial charge on any atom is 0.0995 e. The van der Waals surface area contributed by atoms with Gasteiger partial charge in [0.1, 0.15) is 0 Å². The number of hydrogen-bond donors (Lipinski definition) is 1. The van der Waals surface area contributed by atoms with E-state index in [0.29, 0.717) is 6.61 Å². The molecule has 0 radical (unpaired) electrons. The van der Waals surface area contributed by atoms with Crippen molar-refractivity contribution in [1.82, 2.24) is 5.32 Å². The SMILES string of the molecule is CCOCCNCc1ccccc1C#N. The van der Waals surface area contributed by atoms with Crippen LogP contribution < -0.4 is 5.32 Å². The second kappa shape index (κ2) is 6.99. The minimum absolute atomic E-state index is 0.714. The Kier molecular flexibility index (Phi) is 5.46. The molecule has 3 heteroatoms. The zero-order chi connectivity index (χ0) is 10.9. The first kappa shape index (κ1) is 11.7. The zero-order valence-corrected chi connectivity index (χ0v) is 8.99. The van der Waals surface area contributed by atoms with E-state index in [1.54, 1.807) is 0 Å². The number of rotatable bonds is 6. The molecule has 0 spiro atoms. The first-order valence-electron chi connectivity index (χ1n) is 5.15. The van der Waals surface area contributed by atoms with E-state index in [1.807, 2.05) is 31.2 Å². The van der Waals surface area contributed by atoms with Crippen LogP contribution in [0.2, 0.25) is 0 Å². The average Bonchev–Trinajstić information content (AvgIpc) is 2.29. The Hall–Kier alpha value is -1.37. The van der Waals surface area contributed by atoms with Gasteiger partial charge in [0.15, 0.2) is 0 Å². The largest absolute Gasteiger partial charge is 0.380 e. The molecule has 15 heavy (non-hydrogen) atoms. The number of nitrogens with zero attached hydrogens (tertiary/aromatic N) is 1. The lowest BCUT2D eigenvalue weighted by atomic mass is 10.1. The molecular formula is C12H16N2O. The van der Waals surface area contributed by atoms with Gasteiger partial charge in [-0.15, -0.1) is 0 Å². The summed E-state index contributed by atoms with van der Waals surface area (Å²) in [4.78, 5) is 0. The molecule has 0 fully saturated rings. The Labute approximate surface area is 90.7 Å². The van der Waals surface area contributed by atoms with Crippen molar-refractivity contribution in [2.75, 3.05) is 19.8 Å². The van der Waals surface area contributed by atoms with Gasteiger partial charge in [-0.2, -0.15) is 5.26 Å². The summed E-state index contributed by atoms with van der Waals surface area (Å²) in [6.45, 7) is 4.97. The number of hydrogen-bond acceptors (Lipinski definition) is 3. The van der Waals surface area contributed by atoms with Crippen LogP contribution in [0, 0.1) is 11.3 Å². The molecule has 0 aromatic heterocycles. The van der Waals surface area contributed by atoms with Crippen molar-refractivity contribution in [3.63, 3.8) is 0 Å². The highest BCUT2D eigenvalue weighted by atomic mass is 16.5. The molecule has 1 aromatic carbocycles. The minimum atomic E-state index is 0.714. The molecule has 1 rings (SSSR count). The van der Waals surface area contributed by atoms with Crippen molar-refractivity contribution in [2.45, 2.75) is 13.5 Å². The molecule has 0 atom stereocenters. The molecule has 0 heterocycles. The van der Waals surface area contributed by atoms with Gasteiger partial charge >= 0.3 is 0 Å². The van der Waals surface area contributed by atoms with E-state index in [-0.39, 0.29) is 0 Å². The van der Waals surface area contributed by atoms with Crippen LogP contribution >= 0.6 is 0 Å². The summed E-state index contributed by atoms with van der Waals surface area (Å²) >= 11 is 0. The normalized spacial score (nSPS) is 9.87. The second-order valence-corrected chi connectivity index (χ2v) is 3.14. The molecule has 1 aromatic rings. The predicted molar refractivity (Wildman–Crippen MR) is 59.4 cm³/mol. The standard InChI is InChI=1S/C12H16N2O/c1-2-15-8-7-14-10-12-6-4-3-5-11(12)9-13/h3-6,14H,2,7-8,10H2,1H3. The van der Waals surface area contributed by atoms with E-state index in [9.17, 15) is 0 Å². The monoisotopic (exact) mass is 204 g/mol. The van der Waals surface area contributed by atoms with Gasteiger partial charge in [-0.3, -0.25) is 0 Å². The second-order valence-electron chi connectivity index (χ2n) is 3.14. The van der Waals surface area contributed by atoms with Crippen LogP contribution in [0.5, 0.6) is 0 Å². The molecule has 0 aliphatic rings. The fourth-order valence-electron chi connectivity index (χ4n) is 1.30. The zero-order valence-electron chi connectivity index (χ0n) is 8.99. The molecule has 0 saturated carbocycles. The Morgan fingerprint density at radius 2 is 2.20 bits per heavy atom. The van der Waals surface area contributed by atoms with E-state index in [1.165, 1.54) is 0 Å². The molecule has 0 saturated heterocycles. The van der Waals surface area contributed by atoms with Gasteiger partial charge in [0.25, 0.3) is 0 Å². The van der Waals surface area contributed by atoms with Crippen LogP contribution in [0.4, 0.5) is 0 Å². The Morgan fingerprint density at radius 1 is 1.40 bits per heavy atom. The minimum Gasteiger partial charge on any atom is -0.380 e. The first-order chi connectivity index (χ1) is 7.38. The highest BCUT2D eigenvalue weighted by molar-refractivity contribution is 5.37. The Bertz CT molecular complexity index is 331. The van der Waals surface area contributed by atoms with Crippen LogP contribution in [0.3, 0.4) is 0 Å². The van der Waals surface area contributed by atoms with Crippen LogP contribution in [0.15, 0.2) is 24.3 Å². The van der Waals surface area contributed by atoms with E-state index in [0.717, 1.165) is 30.8 Å². The summed E-state index contributed by atoms with van der Waals surface area (Å²) in [6, 6.07) is 9.80. The van der Waals surface area contributed by atoms with Gasteiger partial charge in [0, 0.05) is 19.7 Å². The first-order valence-corrected chi connectivity index (χ1v) is 5.15. The summed E-state index contributed by atoms with van der Waals surface area (Å²) in [5, 5.41) is 12.1. The van der Waals surface area contributed by atoms with Gasteiger partial charge in [0.05, 0.1) is 18.2 Å². The van der Waals surface area contributed by atoms with E-state index >= 15 is 0 Å². The highest BCUT2D eigenvalue weighted by Gasteiger charge is 1.98. The fourth-order valence-corrected chi connectivity index (χ4v) is 1.30. The van der Waals surface area contributed by atoms with Gasteiger partial charge in [-0.1, -0.05) is 18.2 Å². The smallest absolute Gasteiger partial charge is 0.0995 e. The van der Waals surface area contributed by atoms with Crippen molar-refractivity contribution in [1.29, 1.82) is 5.26 Å². The fraction of sp³-hybridized carbons (Fsp3) is 0.417. The van der Waals surface area contributed by atoms with Gasteiger partial charge in [0.2, 0.25) is 0 Å². The Balaban J connectivity index is 2.34. The maximum atomic E-state index is 8.86. The van der Waals surface area contributed by atoms with E-state index < -0.39 is 0 Å². The molecule has 0 aliphatic carbocycles. The summed E-state index contributed by atoms with van der Waals surface area (Å²) in [5.41, 5.74) is 1.78. The van der Waals surface area contributed by atoms with Crippen LogP contribution in [0.1, 0.15) is 18.1 Å². The Morgan fingerprint density at radius 3 is 2.93 bits per heavy atom. The van der Waals surface area contributed by atoms with Gasteiger partial charge < -0.3 is 10.1 Å². The summed E-state index contributed by atoms with van der Waals surface area (Å²) in [7, 11) is 0. The van der Waals surface area contributed by atoms with Crippen LogP contribution in [0.25, 0.3) is 0 Å². The lowest BCUT2D eigenvalue weighted by molar-refractivity contribution is 0.149. The number of ether oxygens (including phenoxy) is 1. The topological polar surface area (TPSA) is 45.0 Å². The summed E-state index contributed by atoms with van der Waals surface area (Å²) in [6.07, 6.45) is 0. The van der Waals surface area contributed by atoms with Crippen LogP contribution in [-0.2, 0) is 11.3 Å². The average molecular weight is 204 g/mol. The number of benzene rings is 1. The van der Waals surface area contributed by atoms with E-state index in [2.05, 4.69) is 11.4 Å². The van der Waals surface area contributed by atoms with Crippen molar-refractivity contribution in [3.8, 4) is 6.07 Å². The number of nitriles is 1. The lowest BCUT2D eigenvalue weighted by Gasteiger charge is -2.06. The third kappa shape index (κ3) is 4.11. The predicted octanol–water partition coefficient (Wildman–Crippen LogP) is 1.68. The third-order valence-corrected chi connectivity index (χ3v) is 2.08. The molecule has 0 amide bonds. The quantitative estimate of drug-likeness (QED) is 0.717.